The summed E-state index contributed by atoms with van der Waals surface area (Å²) in [6.45, 7) is 0.242. The molecule has 0 radical (unpaired) electrons. The van der Waals surface area contributed by atoms with E-state index in [-0.39, 0.29) is 6.61 Å². The molecule has 3 heteroatoms. The van der Waals surface area contributed by atoms with Gasteiger partial charge in [-0.3, -0.25) is 0 Å². The van der Waals surface area contributed by atoms with Crippen LogP contribution in [0.4, 0.5) is 0 Å². The molecule has 0 aromatic rings. The van der Waals surface area contributed by atoms with Crippen LogP contribution in [0.15, 0.2) is 0 Å². The molecule has 0 aromatic carbocycles. The first kappa shape index (κ1) is 8.98. The Morgan fingerprint density at radius 2 is 2.22 bits per heavy atom. The van der Waals surface area contributed by atoms with Crippen LogP contribution in [-0.2, 0) is 4.79 Å². The minimum Gasteiger partial charge on any atom is -0.396 e. The smallest absolute Gasteiger partial charge is 0.120 e. The summed E-state index contributed by atoms with van der Waals surface area (Å²) in [5.74, 6) is 1.78. The van der Waals surface area contributed by atoms with E-state index in [0.29, 0.717) is 6.42 Å². The highest BCUT2D eigenvalue weighted by atomic mass is 32.2. The van der Waals surface area contributed by atoms with Crippen LogP contribution < -0.4 is 0 Å². The molecule has 0 atom stereocenters. The molecular weight excluding hydrogens is 136 g/mol. The Morgan fingerprint density at radius 3 is 2.78 bits per heavy atom. The summed E-state index contributed by atoms with van der Waals surface area (Å²) < 4.78 is 0. The lowest BCUT2D eigenvalue weighted by Crippen LogP contribution is -1.88. The van der Waals surface area contributed by atoms with Crippen LogP contribution in [-0.4, -0.2) is 29.5 Å². The van der Waals surface area contributed by atoms with Crippen molar-refractivity contribution < 1.29 is 9.90 Å². The molecule has 0 heterocycles. The van der Waals surface area contributed by atoms with Gasteiger partial charge in [-0.15, -0.1) is 0 Å². The fourth-order valence-electron chi connectivity index (χ4n) is 0.435. The van der Waals surface area contributed by atoms with Gasteiger partial charge in [0.15, 0.2) is 0 Å². The van der Waals surface area contributed by atoms with Crippen LogP contribution in [0.1, 0.15) is 12.8 Å². The Balaban J connectivity index is 2.66. The van der Waals surface area contributed by atoms with Crippen molar-refractivity contribution in [1.29, 1.82) is 0 Å². The molecule has 0 bridgehead atoms. The largest absolute Gasteiger partial charge is 0.396 e. The first-order valence-corrected chi connectivity index (χ1v) is 4.19. The Morgan fingerprint density at radius 1 is 1.44 bits per heavy atom. The van der Waals surface area contributed by atoms with E-state index in [4.69, 9.17) is 5.11 Å². The van der Waals surface area contributed by atoms with Crippen molar-refractivity contribution >= 4 is 18.0 Å². The molecule has 0 saturated carbocycles. The van der Waals surface area contributed by atoms with Crippen LogP contribution in [0.2, 0.25) is 0 Å². The molecule has 9 heavy (non-hydrogen) atoms. The predicted octanol–water partition coefficient (Wildman–Crippen LogP) is 0.691. The van der Waals surface area contributed by atoms with Gasteiger partial charge >= 0.3 is 0 Å². The van der Waals surface area contributed by atoms with Crippen molar-refractivity contribution in [3.63, 3.8) is 0 Å². The molecule has 0 fully saturated rings. The number of rotatable bonds is 6. The number of unbranched alkanes of at least 4 members (excludes halogenated alkanes) is 1. The van der Waals surface area contributed by atoms with Crippen molar-refractivity contribution in [3.05, 3.63) is 0 Å². The maximum absolute atomic E-state index is 9.78. The second-order valence-electron chi connectivity index (χ2n) is 1.64. The van der Waals surface area contributed by atoms with Gasteiger partial charge in [0.25, 0.3) is 0 Å². The van der Waals surface area contributed by atoms with E-state index in [1.54, 1.807) is 11.8 Å². The zero-order valence-electron chi connectivity index (χ0n) is 5.38. The number of aliphatic hydroxyl groups is 1. The molecule has 2 nitrogen and oxygen atoms in total. The van der Waals surface area contributed by atoms with Crippen molar-refractivity contribution in [2.75, 3.05) is 18.1 Å². The van der Waals surface area contributed by atoms with Gasteiger partial charge in [0.2, 0.25) is 0 Å². The molecule has 0 unspecified atom stereocenters. The maximum Gasteiger partial charge on any atom is 0.120 e. The minimum atomic E-state index is 0.242. The monoisotopic (exact) mass is 148 g/mol. The summed E-state index contributed by atoms with van der Waals surface area (Å²) in [7, 11) is 0. The molecule has 0 rings (SSSR count). The minimum absolute atomic E-state index is 0.242. The average molecular weight is 148 g/mol. The van der Waals surface area contributed by atoms with Gasteiger partial charge in [0.05, 0.1) is 6.61 Å². The van der Waals surface area contributed by atoms with Gasteiger partial charge in [0, 0.05) is 12.2 Å². The summed E-state index contributed by atoms with van der Waals surface area (Å²) in [4.78, 5) is 9.78. The third kappa shape index (κ3) is 7.98. The van der Waals surface area contributed by atoms with Gasteiger partial charge in [-0.05, 0) is 12.2 Å². The third-order valence-corrected chi connectivity index (χ3v) is 1.89. The van der Waals surface area contributed by atoms with Crippen molar-refractivity contribution in [3.8, 4) is 0 Å². The average Bonchev–Trinajstić information content (AvgIpc) is 1.89. The van der Waals surface area contributed by atoms with Crippen molar-refractivity contribution in [1.82, 2.24) is 0 Å². The lowest BCUT2D eigenvalue weighted by Gasteiger charge is -1.93. The van der Waals surface area contributed by atoms with Gasteiger partial charge in [-0.1, -0.05) is 0 Å². The van der Waals surface area contributed by atoms with Crippen molar-refractivity contribution in [2.24, 2.45) is 0 Å². The molecule has 0 aliphatic rings. The quantitative estimate of drug-likeness (QED) is 0.445. The second-order valence-corrected chi connectivity index (χ2v) is 2.87. The Hall–Kier alpha value is -0.0200. The summed E-state index contributed by atoms with van der Waals surface area (Å²) in [5, 5.41) is 8.33. The zero-order chi connectivity index (χ0) is 6.95. The molecular formula is C6H12O2S. The van der Waals surface area contributed by atoms with Crippen LogP contribution >= 0.6 is 11.8 Å². The first-order valence-electron chi connectivity index (χ1n) is 3.04. The maximum atomic E-state index is 9.78. The van der Waals surface area contributed by atoms with E-state index >= 15 is 0 Å². The zero-order valence-corrected chi connectivity index (χ0v) is 6.19. The van der Waals surface area contributed by atoms with E-state index in [1.807, 2.05) is 0 Å². The highest BCUT2D eigenvalue weighted by Gasteiger charge is 1.86. The fraction of sp³-hybridized carbons (Fsp3) is 0.833. The van der Waals surface area contributed by atoms with Crippen LogP contribution in [0.5, 0.6) is 0 Å². The SMILES string of the molecule is O=CCCCSCCO. The predicted molar refractivity (Wildman–Crippen MR) is 39.7 cm³/mol. The number of hydrogen-bond acceptors (Lipinski definition) is 3. The molecule has 1 N–H and O–H groups in total. The first-order chi connectivity index (χ1) is 4.41. The molecule has 0 amide bonds. The standard InChI is InChI=1S/C6H12O2S/c7-3-1-2-5-9-6-4-8/h3,8H,1-2,4-6H2. The Bertz CT molecular complexity index is 66.1. The fourth-order valence-corrected chi connectivity index (χ4v) is 1.14. The van der Waals surface area contributed by atoms with E-state index in [0.717, 1.165) is 24.2 Å². The number of carbonyl (C=O) groups is 1. The van der Waals surface area contributed by atoms with Gasteiger partial charge < -0.3 is 9.90 Å². The Labute approximate surface area is 59.6 Å². The third-order valence-electron chi connectivity index (χ3n) is 0.846. The summed E-state index contributed by atoms with van der Waals surface area (Å²) in [6.07, 6.45) is 2.52. The van der Waals surface area contributed by atoms with Crippen molar-refractivity contribution in [2.45, 2.75) is 12.8 Å². The topological polar surface area (TPSA) is 37.3 Å². The van der Waals surface area contributed by atoms with E-state index < -0.39 is 0 Å². The normalized spacial score (nSPS) is 9.44. The van der Waals surface area contributed by atoms with E-state index in [9.17, 15) is 4.79 Å². The van der Waals surface area contributed by atoms with E-state index in [1.165, 1.54) is 0 Å². The number of aliphatic hydroxyl groups excluding tert-OH is 1. The number of carbonyl (C=O) groups excluding carboxylic acids is 1. The molecule has 0 spiro atoms. The summed E-state index contributed by atoms with van der Waals surface area (Å²) in [6, 6.07) is 0. The van der Waals surface area contributed by atoms with Gasteiger partial charge in [-0.25, -0.2) is 0 Å². The van der Waals surface area contributed by atoms with Crippen LogP contribution in [0, 0.1) is 0 Å². The van der Waals surface area contributed by atoms with Gasteiger partial charge in [0.1, 0.15) is 6.29 Å². The van der Waals surface area contributed by atoms with Crippen LogP contribution in [0.25, 0.3) is 0 Å². The summed E-state index contributed by atoms with van der Waals surface area (Å²) >= 11 is 1.68. The molecule has 0 aliphatic carbocycles. The van der Waals surface area contributed by atoms with E-state index in [2.05, 4.69) is 0 Å². The molecule has 0 aliphatic heterocycles. The molecule has 0 saturated heterocycles. The highest BCUT2D eigenvalue weighted by molar-refractivity contribution is 7.99. The number of hydrogen-bond donors (Lipinski definition) is 1. The van der Waals surface area contributed by atoms with Crippen LogP contribution in [0.3, 0.4) is 0 Å². The number of thioether (sulfide) groups is 1. The molecule has 54 valence electrons. The summed E-state index contributed by atoms with van der Waals surface area (Å²) in [5.41, 5.74) is 0. The second kappa shape index (κ2) is 7.98. The highest BCUT2D eigenvalue weighted by Crippen LogP contribution is 2.01. The van der Waals surface area contributed by atoms with Gasteiger partial charge in [-0.2, -0.15) is 11.8 Å². The lowest BCUT2D eigenvalue weighted by molar-refractivity contribution is -0.107. The Kier molecular flexibility index (Phi) is 7.96. The number of aldehydes is 1. The molecule has 0 aromatic heterocycles. The lowest BCUT2D eigenvalue weighted by atomic mass is 10.4.